The summed E-state index contributed by atoms with van der Waals surface area (Å²) in [5.74, 6) is -0.227. The lowest BCUT2D eigenvalue weighted by Crippen LogP contribution is -2.56. The van der Waals surface area contributed by atoms with Gasteiger partial charge in [0, 0.05) is 12.1 Å². The van der Waals surface area contributed by atoms with E-state index in [1.165, 1.54) is 0 Å². The molecule has 1 rings (SSSR count). The van der Waals surface area contributed by atoms with Crippen molar-refractivity contribution in [3.05, 3.63) is 28.2 Å². The molecular weight excluding hydrogens is 448 g/mol. The summed E-state index contributed by atoms with van der Waals surface area (Å²) in [5, 5.41) is 9.25. The van der Waals surface area contributed by atoms with Gasteiger partial charge in [-0.1, -0.05) is 77.8 Å². The van der Waals surface area contributed by atoms with Crippen molar-refractivity contribution in [1.29, 1.82) is 0 Å². The number of unbranched alkanes of at least 4 members (excludes halogenated alkanes) is 2. The summed E-state index contributed by atoms with van der Waals surface area (Å²) in [6, 6.07) is 4.91. The van der Waals surface area contributed by atoms with Gasteiger partial charge >= 0.3 is 0 Å². The van der Waals surface area contributed by atoms with E-state index in [1.807, 2.05) is 0 Å². The Morgan fingerprint density at radius 2 is 1.84 bits per heavy atom. The van der Waals surface area contributed by atoms with E-state index in [1.54, 1.807) is 18.2 Å². The van der Waals surface area contributed by atoms with Crippen LogP contribution in [0.3, 0.4) is 0 Å². The van der Waals surface area contributed by atoms with Gasteiger partial charge in [-0.15, -0.1) is 0 Å². The van der Waals surface area contributed by atoms with Gasteiger partial charge in [0.05, 0.1) is 10.0 Å². The van der Waals surface area contributed by atoms with Crippen LogP contribution in [0.25, 0.3) is 0 Å². The zero-order valence-electron chi connectivity index (χ0n) is 13.3. The summed E-state index contributed by atoms with van der Waals surface area (Å²) in [6.07, 6.45) is 2.09. The molecule has 0 saturated heterocycles. The Kier molecular flexibility index (Phi) is 9.93. The highest BCUT2D eigenvalue weighted by molar-refractivity contribution is 7.80. The Balaban J connectivity index is 2.66. The van der Waals surface area contributed by atoms with Gasteiger partial charge in [0.25, 0.3) is 0 Å². The Labute approximate surface area is 177 Å². The molecule has 0 aliphatic heterocycles. The van der Waals surface area contributed by atoms with Crippen LogP contribution < -0.4 is 16.0 Å². The van der Waals surface area contributed by atoms with E-state index in [0.29, 0.717) is 22.2 Å². The molecule has 0 radical (unpaired) electrons. The molecule has 0 unspecified atom stereocenters. The van der Waals surface area contributed by atoms with Gasteiger partial charge in [-0.2, -0.15) is 0 Å². The third kappa shape index (κ3) is 8.85. The van der Waals surface area contributed by atoms with E-state index in [0.717, 1.165) is 19.3 Å². The lowest BCUT2D eigenvalue weighted by atomic mass is 10.2. The zero-order valence-corrected chi connectivity index (χ0v) is 17.9. The molecule has 3 N–H and O–H groups in total. The number of hydrogen-bond donors (Lipinski definition) is 3. The SMILES string of the molecule is CCCCCC(=O)N[C@@H](NC(=S)Nc1ccc(Cl)c(Cl)c1)C(Cl)(Cl)Cl. The Morgan fingerprint density at radius 3 is 2.40 bits per heavy atom. The van der Waals surface area contributed by atoms with E-state index in [2.05, 4.69) is 22.9 Å². The number of amides is 1. The molecule has 0 heterocycles. The molecule has 1 aromatic carbocycles. The minimum atomic E-state index is -1.79. The van der Waals surface area contributed by atoms with Crippen molar-refractivity contribution in [2.45, 2.75) is 42.6 Å². The van der Waals surface area contributed by atoms with Crippen molar-refractivity contribution in [3.63, 3.8) is 0 Å². The van der Waals surface area contributed by atoms with Crippen LogP contribution in [0.1, 0.15) is 32.6 Å². The number of halogens is 5. The normalized spacial score (nSPS) is 12.4. The van der Waals surface area contributed by atoms with Crippen molar-refractivity contribution in [3.8, 4) is 0 Å². The molecule has 1 atom stereocenters. The highest BCUT2D eigenvalue weighted by Gasteiger charge is 2.34. The average molecular weight is 466 g/mol. The summed E-state index contributed by atoms with van der Waals surface area (Å²) in [7, 11) is 0. The van der Waals surface area contributed by atoms with E-state index in [-0.39, 0.29) is 11.0 Å². The van der Waals surface area contributed by atoms with Crippen LogP contribution in [0.2, 0.25) is 10.0 Å². The first-order valence-corrected chi connectivity index (χ1v) is 9.82. The Bertz CT molecular complexity index is 609. The molecule has 25 heavy (non-hydrogen) atoms. The molecule has 0 fully saturated rings. The highest BCUT2D eigenvalue weighted by atomic mass is 35.6. The van der Waals surface area contributed by atoms with E-state index in [9.17, 15) is 4.79 Å². The zero-order chi connectivity index (χ0) is 19.0. The lowest BCUT2D eigenvalue weighted by molar-refractivity contribution is -0.122. The van der Waals surface area contributed by atoms with Gasteiger partial charge < -0.3 is 16.0 Å². The Morgan fingerprint density at radius 1 is 1.16 bits per heavy atom. The fourth-order valence-electron chi connectivity index (χ4n) is 1.84. The van der Waals surface area contributed by atoms with Gasteiger partial charge in [-0.3, -0.25) is 4.79 Å². The monoisotopic (exact) mass is 463 g/mol. The molecule has 10 heteroatoms. The van der Waals surface area contributed by atoms with E-state index in [4.69, 9.17) is 70.2 Å². The molecule has 0 aliphatic carbocycles. The quantitative estimate of drug-likeness (QED) is 0.210. The maximum absolute atomic E-state index is 12.0. The molecule has 0 aromatic heterocycles. The average Bonchev–Trinajstić information content (AvgIpc) is 2.49. The van der Waals surface area contributed by atoms with Crippen LogP contribution in [0.5, 0.6) is 0 Å². The number of carbonyl (C=O) groups is 1. The topological polar surface area (TPSA) is 53.2 Å². The number of alkyl halides is 3. The third-order valence-corrected chi connectivity index (χ3v) is 4.71. The van der Waals surface area contributed by atoms with Gasteiger partial charge in [0.15, 0.2) is 5.11 Å². The van der Waals surface area contributed by atoms with Crippen molar-refractivity contribution < 1.29 is 4.79 Å². The van der Waals surface area contributed by atoms with Crippen molar-refractivity contribution in [2.75, 3.05) is 5.32 Å². The van der Waals surface area contributed by atoms with Crippen LogP contribution in [-0.4, -0.2) is 21.0 Å². The van der Waals surface area contributed by atoms with Crippen molar-refractivity contribution >= 4 is 86.9 Å². The first kappa shape index (κ1) is 22.9. The standard InChI is InChI=1S/C15H18Cl5N3OS/c1-2-3-4-5-12(24)22-13(15(18,19)20)23-14(25)21-9-6-7-10(16)11(17)8-9/h6-8,13H,2-5H2,1H3,(H,22,24)(H2,21,23,25)/t13-/m0/s1. The van der Waals surface area contributed by atoms with Gasteiger partial charge in [0.1, 0.15) is 6.17 Å². The summed E-state index contributed by atoms with van der Waals surface area (Å²) in [4.78, 5) is 12.0. The fraction of sp³-hybridized carbons (Fsp3) is 0.467. The van der Waals surface area contributed by atoms with Crippen molar-refractivity contribution in [2.24, 2.45) is 0 Å². The molecule has 0 bridgehead atoms. The predicted molar refractivity (Wildman–Crippen MR) is 112 cm³/mol. The summed E-state index contributed by atoms with van der Waals surface area (Å²) in [5.41, 5.74) is 0.601. The fourth-order valence-corrected chi connectivity index (χ4v) is 2.70. The highest BCUT2D eigenvalue weighted by Crippen LogP contribution is 2.29. The first-order chi connectivity index (χ1) is 11.6. The number of anilines is 1. The second-order valence-corrected chi connectivity index (χ2v) is 8.82. The molecule has 4 nitrogen and oxygen atoms in total. The van der Waals surface area contributed by atoms with Crippen LogP contribution in [0, 0.1) is 0 Å². The summed E-state index contributed by atoms with van der Waals surface area (Å²) >= 11 is 34.8. The van der Waals surface area contributed by atoms with Gasteiger partial charge in [-0.25, -0.2) is 0 Å². The molecule has 1 aromatic rings. The predicted octanol–water partition coefficient (Wildman–Crippen LogP) is 5.67. The van der Waals surface area contributed by atoms with E-state index < -0.39 is 9.96 Å². The van der Waals surface area contributed by atoms with Crippen LogP contribution in [0.15, 0.2) is 18.2 Å². The maximum atomic E-state index is 12.0. The minimum absolute atomic E-state index is 0.156. The van der Waals surface area contributed by atoms with Gasteiger partial charge in [-0.05, 0) is 36.8 Å². The largest absolute Gasteiger partial charge is 0.339 e. The molecule has 0 spiro atoms. The van der Waals surface area contributed by atoms with Crippen LogP contribution >= 0.6 is 70.2 Å². The minimum Gasteiger partial charge on any atom is -0.339 e. The number of benzene rings is 1. The van der Waals surface area contributed by atoms with Crippen molar-refractivity contribution in [1.82, 2.24) is 10.6 Å². The second-order valence-electron chi connectivity index (χ2n) is 5.23. The molecule has 0 saturated carbocycles. The molecule has 140 valence electrons. The summed E-state index contributed by atoms with van der Waals surface area (Å²) < 4.78 is -1.79. The summed E-state index contributed by atoms with van der Waals surface area (Å²) in [6.45, 7) is 2.05. The number of nitrogens with one attached hydrogen (secondary N) is 3. The van der Waals surface area contributed by atoms with E-state index >= 15 is 0 Å². The number of rotatable bonds is 7. The molecule has 0 aliphatic rings. The number of hydrogen-bond acceptors (Lipinski definition) is 2. The lowest BCUT2D eigenvalue weighted by Gasteiger charge is -2.27. The number of thiocarbonyl (C=S) groups is 1. The molecule has 1 amide bonds. The smallest absolute Gasteiger partial charge is 0.228 e. The Hall–Kier alpha value is -0.170. The molecular formula is C15H18Cl5N3OS. The van der Waals surface area contributed by atoms with Crippen LogP contribution in [-0.2, 0) is 4.79 Å². The number of carbonyl (C=O) groups excluding carboxylic acids is 1. The maximum Gasteiger partial charge on any atom is 0.228 e. The second kappa shape index (κ2) is 10.9. The first-order valence-electron chi connectivity index (χ1n) is 7.52. The van der Waals surface area contributed by atoms with Gasteiger partial charge in [0.2, 0.25) is 9.70 Å². The van der Waals surface area contributed by atoms with Crippen LogP contribution in [0.4, 0.5) is 5.69 Å². The third-order valence-electron chi connectivity index (χ3n) is 3.09.